The van der Waals surface area contributed by atoms with E-state index in [1.54, 1.807) is 19.1 Å². The minimum absolute atomic E-state index is 0.0243. The summed E-state index contributed by atoms with van der Waals surface area (Å²) in [5.41, 5.74) is 7.86. The molecule has 0 aromatic heterocycles. The fourth-order valence-corrected chi connectivity index (χ4v) is 5.65. The molecule has 45 heavy (non-hydrogen) atoms. The van der Waals surface area contributed by atoms with Crippen LogP contribution in [0.25, 0.3) is 5.70 Å². The molecular weight excluding hydrogens is 732 g/mol. The van der Waals surface area contributed by atoms with Crippen LogP contribution in [0, 0.1) is 6.92 Å². The van der Waals surface area contributed by atoms with Crippen molar-refractivity contribution in [2.45, 2.75) is 59.8 Å². The molecule has 7 nitrogen and oxygen atoms in total. The Hall–Kier alpha value is -3.67. The Morgan fingerprint density at radius 2 is 1.67 bits per heavy atom. The summed E-state index contributed by atoms with van der Waals surface area (Å²) in [7, 11) is 3.40. The molecule has 1 amide bonds. The van der Waals surface area contributed by atoms with Crippen LogP contribution in [0.5, 0.6) is 0 Å². The van der Waals surface area contributed by atoms with Gasteiger partial charge in [0.05, 0.1) is 12.5 Å². The third-order valence-corrected chi connectivity index (χ3v) is 8.97. The number of ketones is 1. The number of anilines is 2. The number of ether oxygens (including phenoxy) is 1. The van der Waals surface area contributed by atoms with Gasteiger partial charge in [-0.2, -0.15) is 0 Å². The molecule has 0 fully saturated rings. The van der Waals surface area contributed by atoms with Gasteiger partial charge in [-0.15, -0.1) is 0 Å². The van der Waals surface area contributed by atoms with Gasteiger partial charge in [-0.1, -0.05) is 0 Å². The Bertz CT molecular complexity index is 1570. The second-order valence-electron chi connectivity index (χ2n) is 12.2. The SMILES string of the molecule is C/C=C(\N=C(Nc1ccc(C(C)C(=O)N(C)CCOC)cc1)C(C)=O)c1cccc(N[C](=[W])c2ccc(C(C)(C)C)cc2)c1C. The normalized spacial score (nSPS) is 12.8. The van der Waals surface area contributed by atoms with Crippen molar-refractivity contribution in [1.82, 2.24) is 4.90 Å². The Morgan fingerprint density at radius 1 is 1.02 bits per heavy atom. The summed E-state index contributed by atoms with van der Waals surface area (Å²) in [5.74, 6) is -0.217. The predicted molar refractivity (Wildman–Crippen MR) is 184 cm³/mol. The number of methoxy groups -OCH3 is 1. The molecule has 1 unspecified atom stereocenters. The molecule has 1 atom stereocenters. The number of hydrogen-bond acceptors (Lipinski definition) is 5. The van der Waals surface area contributed by atoms with E-state index < -0.39 is 0 Å². The second-order valence-corrected chi connectivity index (χ2v) is 13.6. The van der Waals surface area contributed by atoms with Crippen molar-refractivity contribution in [3.63, 3.8) is 0 Å². The Kier molecular flexibility index (Phi) is 12.8. The van der Waals surface area contributed by atoms with Crippen molar-refractivity contribution < 1.29 is 33.7 Å². The van der Waals surface area contributed by atoms with E-state index in [9.17, 15) is 9.59 Å². The second kappa shape index (κ2) is 16.1. The molecule has 0 aliphatic carbocycles. The maximum atomic E-state index is 12.8. The monoisotopic (exact) mass is 778 g/mol. The molecule has 2 N–H and O–H groups in total. The van der Waals surface area contributed by atoms with E-state index in [0.717, 1.165) is 32.0 Å². The summed E-state index contributed by atoms with van der Waals surface area (Å²) in [4.78, 5) is 32.0. The Labute approximate surface area is 279 Å². The van der Waals surface area contributed by atoms with Crippen LogP contribution in [0.3, 0.4) is 0 Å². The zero-order valence-corrected chi connectivity index (χ0v) is 30.9. The summed E-state index contributed by atoms with van der Waals surface area (Å²) >= 11 is 1.34. The van der Waals surface area contributed by atoms with Crippen molar-refractivity contribution in [1.29, 1.82) is 0 Å². The van der Waals surface area contributed by atoms with E-state index in [4.69, 9.17) is 9.73 Å². The van der Waals surface area contributed by atoms with Gasteiger partial charge < -0.3 is 9.64 Å². The van der Waals surface area contributed by atoms with Gasteiger partial charge in [0.1, 0.15) is 0 Å². The molecule has 238 valence electrons. The van der Waals surface area contributed by atoms with Crippen molar-refractivity contribution in [2.75, 3.05) is 37.9 Å². The van der Waals surface area contributed by atoms with E-state index in [0.29, 0.717) is 24.5 Å². The molecule has 0 saturated carbocycles. The first-order chi connectivity index (χ1) is 21.3. The van der Waals surface area contributed by atoms with Crippen LogP contribution < -0.4 is 10.6 Å². The molecule has 0 bridgehead atoms. The third-order valence-electron chi connectivity index (χ3n) is 7.76. The van der Waals surface area contributed by atoms with Gasteiger partial charge in [-0.05, 0) is 12.5 Å². The molecule has 0 aliphatic heterocycles. The van der Waals surface area contributed by atoms with E-state index >= 15 is 0 Å². The number of carbonyl (C=O) groups excluding carboxylic acids is 2. The number of amides is 1. The molecule has 3 aromatic rings. The summed E-state index contributed by atoms with van der Waals surface area (Å²) in [6.07, 6.45) is 1.92. The number of Topliss-reactive ketones (excluding diaryl/α,β-unsaturated/α-hetero) is 1. The number of hydrogen-bond donors (Lipinski definition) is 2. The van der Waals surface area contributed by atoms with Gasteiger partial charge in [0, 0.05) is 20.7 Å². The number of rotatable bonds is 12. The molecule has 8 heteroatoms. The number of allylic oxidation sites excluding steroid dienone is 1. The van der Waals surface area contributed by atoms with Gasteiger partial charge >= 0.3 is 215 Å². The molecule has 0 aliphatic rings. The standard InChI is InChI=1S/C37H46N4O3.W/c1-10-33(32-12-11-13-34(26(32)3)38-24-28-14-18-30(19-15-28)37(5,6)7)40-35(27(4)42)39-31-20-16-29(17-21-31)25(2)36(43)41(8)22-23-44-9;/h10-21,25,38H,22-23H2,1-9H3,(H,39,40);/b33-10-;. The average Bonchev–Trinajstić information content (AvgIpc) is 3.02. The summed E-state index contributed by atoms with van der Waals surface area (Å²) < 4.78 is 6.22. The summed E-state index contributed by atoms with van der Waals surface area (Å²) in [5, 5.41) is 6.81. The van der Waals surface area contributed by atoms with E-state index in [1.807, 2.05) is 56.3 Å². The number of nitrogens with one attached hydrogen (secondary N) is 2. The first kappa shape index (κ1) is 35.8. The average molecular weight is 779 g/mol. The molecule has 3 rings (SSSR count). The third kappa shape index (κ3) is 9.66. The fraction of sp³-hybridized carbons (Fsp3) is 0.351. The number of nitrogens with zero attached hydrogens (tertiary/aromatic N) is 2. The molecule has 0 heterocycles. The zero-order chi connectivity index (χ0) is 33.3. The molecule has 0 spiro atoms. The molecule has 0 saturated heterocycles. The van der Waals surface area contributed by atoms with Crippen molar-refractivity contribution in [2.24, 2.45) is 4.99 Å². The first-order valence-corrected chi connectivity index (χ1v) is 16.6. The molecule has 3 aromatic carbocycles. The number of likely N-dealkylation sites (N-methyl/N-ethyl adjacent to an activating group) is 1. The topological polar surface area (TPSA) is 83.0 Å². The van der Waals surface area contributed by atoms with Crippen LogP contribution in [0.1, 0.15) is 75.3 Å². The quantitative estimate of drug-likeness (QED) is 0.152. The van der Waals surface area contributed by atoms with E-state index in [-0.39, 0.29) is 28.9 Å². The summed E-state index contributed by atoms with van der Waals surface area (Å²) in [6.45, 7) is 15.1. The Morgan fingerprint density at radius 3 is 2.22 bits per heavy atom. The van der Waals surface area contributed by atoms with Gasteiger partial charge in [0.15, 0.2) is 0 Å². The molecular formula is C37H46N4O3W. The van der Waals surface area contributed by atoms with Gasteiger partial charge in [0.2, 0.25) is 5.91 Å². The molecule has 0 radical (unpaired) electrons. The Balaban J connectivity index is 1.79. The fourth-order valence-electron chi connectivity index (χ4n) is 4.76. The zero-order valence-electron chi connectivity index (χ0n) is 27.9. The van der Waals surface area contributed by atoms with Crippen LogP contribution in [0.4, 0.5) is 11.4 Å². The minimum atomic E-state index is -0.300. The van der Waals surface area contributed by atoms with Crippen LogP contribution in [-0.4, -0.2) is 53.8 Å². The van der Waals surface area contributed by atoms with Gasteiger partial charge in [-0.25, -0.2) is 0 Å². The van der Waals surface area contributed by atoms with Crippen molar-refractivity contribution in [3.05, 3.63) is 101 Å². The number of amidine groups is 1. The van der Waals surface area contributed by atoms with Crippen LogP contribution in [0.15, 0.2) is 77.8 Å². The van der Waals surface area contributed by atoms with Crippen LogP contribution in [0.2, 0.25) is 0 Å². The van der Waals surface area contributed by atoms with Crippen LogP contribution >= 0.6 is 0 Å². The van der Waals surface area contributed by atoms with Crippen molar-refractivity contribution in [3.8, 4) is 0 Å². The number of benzene rings is 3. The van der Waals surface area contributed by atoms with Gasteiger partial charge in [0.25, 0.3) is 0 Å². The predicted octanol–water partition coefficient (Wildman–Crippen LogP) is 7.10. The van der Waals surface area contributed by atoms with E-state index in [2.05, 4.69) is 68.7 Å². The van der Waals surface area contributed by atoms with Crippen LogP contribution in [-0.2, 0) is 39.1 Å². The first-order valence-electron chi connectivity index (χ1n) is 15.2. The van der Waals surface area contributed by atoms with E-state index in [1.165, 1.54) is 31.8 Å². The van der Waals surface area contributed by atoms with Gasteiger partial charge in [-0.3, -0.25) is 4.79 Å². The number of carbonyl (C=O) groups is 2. The summed E-state index contributed by atoms with van der Waals surface area (Å²) in [6, 6.07) is 22.4. The number of aliphatic imine (C=N–C) groups is 1. The maximum absolute atomic E-state index is 12.8. The van der Waals surface area contributed by atoms with Crippen molar-refractivity contribution >= 4 is 38.6 Å².